The van der Waals surface area contributed by atoms with Crippen LogP contribution in [0.25, 0.3) is 22.8 Å². The number of H-pyrrole nitrogens is 1. The molecule has 6 nitrogen and oxygen atoms in total. The molecule has 0 bridgehead atoms. The molecule has 2 N–H and O–H groups in total. The lowest BCUT2D eigenvalue weighted by Crippen LogP contribution is -1.98. The molecule has 0 saturated heterocycles. The van der Waals surface area contributed by atoms with Gasteiger partial charge in [0.15, 0.2) is 23.1 Å². The Hall–Kier alpha value is -3.02. The first-order valence-electron chi connectivity index (χ1n) is 7.83. The normalized spacial score (nSPS) is 10.6. The van der Waals surface area contributed by atoms with Crippen molar-refractivity contribution in [2.24, 2.45) is 0 Å². The number of phenolic OH excluding ortho intramolecular Hbond substituents is 1. The first-order valence-corrected chi connectivity index (χ1v) is 7.83. The Balaban J connectivity index is 1.95. The molecule has 2 aromatic carbocycles. The molecule has 3 rings (SSSR count). The van der Waals surface area contributed by atoms with E-state index < -0.39 is 0 Å². The molecule has 0 aliphatic carbocycles. The molecule has 6 heteroatoms. The summed E-state index contributed by atoms with van der Waals surface area (Å²) in [6.45, 7) is 4.96. The summed E-state index contributed by atoms with van der Waals surface area (Å²) < 4.78 is 11.2. The second-order valence-electron chi connectivity index (χ2n) is 5.05. The molecule has 0 fully saturated rings. The van der Waals surface area contributed by atoms with Crippen LogP contribution in [0.2, 0.25) is 0 Å². The molecule has 24 heavy (non-hydrogen) atoms. The van der Waals surface area contributed by atoms with Gasteiger partial charge in [-0.05, 0) is 44.2 Å². The Morgan fingerprint density at radius 2 is 1.75 bits per heavy atom. The van der Waals surface area contributed by atoms with Gasteiger partial charge in [-0.25, -0.2) is 4.98 Å². The number of benzene rings is 2. The van der Waals surface area contributed by atoms with E-state index in [1.807, 2.05) is 38.1 Å². The molecule has 0 aliphatic heterocycles. The first kappa shape index (κ1) is 15.9. The number of aromatic nitrogens is 3. The molecule has 124 valence electrons. The number of phenols is 1. The number of aromatic amines is 1. The molecular weight excluding hydrogens is 306 g/mol. The van der Waals surface area contributed by atoms with Crippen molar-refractivity contribution in [3.8, 4) is 40.0 Å². The number of nitrogens with zero attached hydrogens (tertiary/aromatic N) is 2. The van der Waals surface area contributed by atoms with Crippen molar-refractivity contribution in [3.05, 3.63) is 42.5 Å². The lowest BCUT2D eigenvalue weighted by atomic mass is 10.2. The Morgan fingerprint density at radius 3 is 2.50 bits per heavy atom. The minimum Gasteiger partial charge on any atom is -0.507 e. The topological polar surface area (TPSA) is 80.3 Å². The zero-order valence-electron chi connectivity index (χ0n) is 13.6. The predicted molar refractivity (Wildman–Crippen MR) is 91.3 cm³/mol. The highest BCUT2D eigenvalue weighted by Crippen LogP contribution is 2.33. The van der Waals surface area contributed by atoms with Gasteiger partial charge in [-0.15, -0.1) is 0 Å². The number of para-hydroxylation sites is 1. The van der Waals surface area contributed by atoms with Gasteiger partial charge in [0, 0.05) is 5.56 Å². The van der Waals surface area contributed by atoms with Gasteiger partial charge in [-0.3, -0.25) is 5.10 Å². The van der Waals surface area contributed by atoms with Crippen LogP contribution in [0.4, 0.5) is 0 Å². The quantitative estimate of drug-likeness (QED) is 0.723. The molecule has 0 atom stereocenters. The fourth-order valence-electron chi connectivity index (χ4n) is 2.38. The molecule has 0 radical (unpaired) electrons. The van der Waals surface area contributed by atoms with E-state index in [4.69, 9.17) is 9.47 Å². The van der Waals surface area contributed by atoms with E-state index in [2.05, 4.69) is 15.2 Å². The molecule has 0 amide bonds. The summed E-state index contributed by atoms with van der Waals surface area (Å²) in [4.78, 5) is 4.47. The number of rotatable bonds is 6. The van der Waals surface area contributed by atoms with E-state index in [0.29, 0.717) is 41.9 Å². The van der Waals surface area contributed by atoms with Crippen LogP contribution in [0.15, 0.2) is 42.5 Å². The van der Waals surface area contributed by atoms with Gasteiger partial charge in [-0.1, -0.05) is 12.1 Å². The van der Waals surface area contributed by atoms with Gasteiger partial charge < -0.3 is 14.6 Å². The maximum Gasteiger partial charge on any atom is 0.181 e. The Kier molecular flexibility index (Phi) is 4.65. The summed E-state index contributed by atoms with van der Waals surface area (Å²) in [5.41, 5.74) is 1.41. The van der Waals surface area contributed by atoms with Gasteiger partial charge in [0.1, 0.15) is 5.75 Å². The standard InChI is InChI=1S/C18H19N3O3/c1-3-23-15-10-9-12(11-16(15)24-4-2)17-19-18(21-20-17)13-7-5-6-8-14(13)22/h5-11,22H,3-4H2,1-2H3,(H,19,20,21). The maximum absolute atomic E-state index is 9.93. The van der Waals surface area contributed by atoms with Crippen LogP contribution in [-0.4, -0.2) is 33.5 Å². The van der Waals surface area contributed by atoms with Crippen LogP contribution in [0.1, 0.15) is 13.8 Å². The highest BCUT2D eigenvalue weighted by atomic mass is 16.5. The minimum absolute atomic E-state index is 0.155. The van der Waals surface area contributed by atoms with Crippen LogP contribution >= 0.6 is 0 Å². The zero-order valence-corrected chi connectivity index (χ0v) is 13.6. The summed E-state index contributed by atoms with van der Waals surface area (Å²) in [6.07, 6.45) is 0. The van der Waals surface area contributed by atoms with E-state index in [-0.39, 0.29) is 5.75 Å². The van der Waals surface area contributed by atoms with Crippen molar-refractivity contribution in [3.63, 3.8) is 0 Å². The third kappa shape index (κ3) is 3.17. The van der Waals surface area contributed by atoms with E-state index in [1.165, 1.54) is 0 Å². The molecule has 0 unspecified atom stereocenters. The molecule has 0 saturated carbocycles. The second-order valence-corrected chi connectivity index (χ2v) is 5.05. The smallest absolute Gasteiger partial charge is 0.181 e. The molecule has 0 spiro atoms. The molecule has 1 heterocycles. The fraction of sp³-hybridized carbons (Fsp3) is 0.222. The van der Waals surface area contributed by atoms with Crippen molar-refractivity contribution in [2.75, 3.05) is 13.2 Å². The van der Waals surface area contributed by atoms with E-state index in [0.717, 1.165) is 5.56 Å². The average molecular weight is 325 g/mol. The molecule has 3 aromatic rings. The Morgan fingerprint density at radius 1 is 1.00 bits per heavy atom. The zero-order chi connectivity index (χ0) is 16.9. The van der Waals surface area contributed by atoms with Crippen LogP contribution in [0.5, 0.6) is 17.2 Å². The first-order chi connectivity index (χ1) is 11.7. The summed E-state index contributed by atoms with van der Waals surface area (Å²) in [6, 6.07) is 12.6. The number of hydrogen-bond donors (Lipinski definition) is 2. The van der Waals surface area contributed by atoms with Crippen LogP contribution in [0.3, 0.4) is 0 Å². The van der Waals surface area contributed by atoms with E-state index in [9.17, 15) is 5.11 Å². The van der Waals surface area contributed by atoms with Gasteiger partial charge in [0.25, 0.3) is 0 Å². The maximum atomic E-state index is 9.93. The van der Waals surface area contributed by atoms with Crippen molar-refractivity contribution >= 4 is 0 Å². The average Bonchev–Trinajstić information content (AvgIpc) is 3.07. The number of hydrogen-bond acceptors (Lipinski definition) is 5. The van der Waals surface area contributed by atoms with E-state index >= 15 is 0 Å². The van der Waals surface area contributed by atoms with Gasteiger partial charge in [0.2, 0.25) is 0 Å². The van der Waals surface area contributed by atoms with Crippen molar-refractivity contribution < 1.29 is 14.6 Å². The van der Waals surface area contributed by atoms with Crippen molar-refractivity contribution in [1.29, 1.82) is 0 Å². The third-order valence-corrected chi connectivity index (χ3v) is 3.45. The highest BCUT2D eigenvalue weighted by Gasteiger charge is 2.13. The number of aromatic hydroxyl groups is 1. The largest absolute Gasteiger partial charge is 0.507 e. The summed E-state index contributed by atoms with van der Waals surface area (Å²) in [7, 11) is 0. The summed E-state index contributed by atoms with van der Waals surface area (Å²) >= 11 is 0. The monoisotopic (exact) mass is 325 g/mol. The number of ether oxygens (including phenoxy) is 2. The van der Waals surface area contributed by atoms with Crippen LogP contribution in [0, 0.1) is 0 Å². The minimum atomic E-state index is 0.155. The lowest BCUT2D eigenvalue weighted by Gasteiger charge is -2.11. The number of nitrogens with one attached hydrogen (secondary N) is 1. The van der Waals surface area contributed by atoms with Crippen LogP contribution in [-0.2, 0) is 0 Å². The molecular formula is C18H19N3O3. The van der Waals surface area contributed by atoms with Crippen molar-refractivity contribution in [2.45, 2.75) is 13.8 Å². The third-order valence-electron chi connectivity index (χ3n) is 3.45. The van der Waals surface area contributed by atoms with Gasteiger partial charge >= 0.3 is 0 Å². The summed E-state index contributed by atoms with van der Waals surface area (Å²) in [5, 5.41) is 17.0. The highest BCUT2D eigenvalue weighted by molar-refractivity contribution is 5.67. The SMILES string of the molecule is CCOc1ccc(-c2n[nH]c(-c3ccccc3O)n2)cc1OCC. The molecule has 1 aromatic heterocycles. The van der Waals surface area contributed by atoms with Crippen molar-refractivity contribution in [1.82, 2.24) is 15.2 Å². The van der Waals surface area contributed by atoms with Crippen LogP contribution < -0.4 is 9.47 Å². The molecule has 0 aliphatic rings. The Bertz CT molecular complexity index is 830. The van der Waals surface area contributed by atoms with Gasteiger partial charge in [-0.2, -0.15) is 5.10 Å². The second kappa shape index (κ2) is 7.04. The van der Waals surface area contributed by atoms with Gasteiger partial charge in [0.05, 0.1) is 18.8 Å². The van der Waals surface area contributed by atoms with E-state index in [1.54, 1.807) is 18.2 Å². The predicted octanol–water partition coefficient (Wildman–Crippen LogP) is 3.64. The Labute approximate surface area is 140 Å². The lowest BCUT2D eigenvalue weighted by molar-refractivity contribution is 0.288. The summed E-state index contributed by atoms with van der Waals surface area (Å²) in [5.74, 6) is 2.54. The fourth-order valence-corrected chi connectivity index (χ4v) is 2.38.